The van der Waals surface area contributed by atoms with Gasteiger partial charge in [-0.2, -0.15) is 0 Å². The average molecular weight is 383 g/mol. The Hall–Kier alpha value is -0.140. The van der Waals surface area contributed by atoms with E-state index in [4.69, 9.17) is 5.11 Å². The largest absolute Gasteiger partial charge is 0.478 e. The van der Waals surface area contributed by atoms with Gasteiger partial charge < -0.3 is 5.11 Å². The van der Waals surface area contributed by atoms with Crippen molar-refractivity contribution < 1.29 is 9.90 Å². The highest BCUT2D eigenvalue weighted by molar-refractivity contribution is 14.1. The molecule has 0 saturated carbocycles. The molecule has 14 heavy (non-hydrogen) atoms. The molecule has 2 rings (SSSR count). The molecular formula is C9H4BrIO2S. The van der Waals surface area contributed by atoms with E-state index in [9.17, 15) is 4.79 Å². The summed E-state index contributed by atoms with van der Waals surface area (Å²) in [6, 6.07) is 3.71. The van der Waals surface area contributed by atoms with Crippen LogP contribution in [0.25, 0.3) is 10.1 Å². The summed E-state index contributed by atoms with van der Waals surface area (Å²) in [4.78, 5) is 10.9. The molecule has 0 fully saturated rings. The number of benzene rings is 1. The van der Waals surface area contributed by atoms with E-state index in [0.29, 0.717) is 5.56 Å². The molecule has 0 amide bonds. The molecule has 5 heteroatoms. The lowest BCUT2D eigenvalue weighted by Crippen LogP contribution is -1.93. The Morgan fingerprint density at radius 3 is 2.86 bits per heavy atom. The molecule has 0 bridgehead atoms. The monoisotopic (exact) mass is 382 g/mol. The van der Waals surface area contributed by atoms with Crippen molar-refractivity contribution in [3.8, 4) is 0 Å². The molecule has 0 aliphatic heterocycles. The van der Waals surface area contributed by atoms with Crippen molar-refractivity contribution in [2.24, 2.45) is 0 Å². The zero-order valence-corrected chi connectivity index (χ0v) is 11.3. The van der Waals surface area contributed by atoms with E-state index in [1.165, 1.54) is 11.3 Å². The van der Waals surface area contributed by atoms with Crippen LogP contribution in [0.3, 0.4) is 0 Å². The van der Waals surface area contributed by atoms with E-state index in [1.807, 2.05) is 12.1 Å². The van der Waals surface area contributed by atoms with Crippen molar-refractivity contribution in [1.29, 1.82) is 0 Å². The van der Waals surface area contributed by atoms with Crippen LogP contribution in [0.4, 0.5) is 0 Å². The second kappa shape index (κ2) is 3.79. The van der Waals surface area contributed by atoms with E-state index in [1.54, 1.807) is 5.38 Å². The van der Waals surface area contributed by atoms with Crippen molar-refractivity contribution in [3.63, 3.8) is 0 Å². The zero-order valence-electron chi connectivity index (χ0n) is 6.75. The minimum Gasteiger partial charge on any atom is -0.478 e. The van der Waals surface area contributed by atoms with Gasteiger partial charge in [0.25, 0.3) is 0 Å². The Labute approximate surface area is 106 Å². The van der Waals surface area contributed by atoms with E-state index >= 15 is 0 Å². The van der Waals surface area contributed by atoms with Crippen molar-refractivity contribution in [2.45, 2.75) is 0 Å². The molecule has 0 spiro atoms. The van der Waals surface area contributed by atoms with Crippen LogP contribution in [0.5, 0.6) is 0 Å². The smallest absolute Gasteiger partial charge is 0.337 e. The molecule has 0 radical (unpaired) electrons. The Morgan fingerprint density at radius 1 is 1.50 bits per heavy atom. The molecule has 1 heterocycles. The van der Waals surface area contributed by atoms with Crippen LogP contribution >= 0.6 is 49.9 Å². The molecule has 1 aromatic heterocycles. The maximum absolute atomic E-state index is 10.9. The lowest BCUT2D eigenvalue weighted by molar-refractivity contribution is 0.0699. The lowest BCUT2D eigenvalue weighted by atomic mass is 10.2. The number of fused-ring (bicyclic) bond motifs is 1. The van der Waals surface area contributed by atoms with E-state index in [0.717, 1.165) is 18.1 Å². The normalized spacial score (nSPS) is 10.7. The third-order valence-electron chi connectivity index (χ3n) is 1.87. The van der Waals surface area contributed by atoms with Gasteiger partial charge in [-0.15, -0.1) is 11.3 Å². The SMILES string of the molecule is O=C(O)c1csc2c(I)c(Br)ccc12. The third-order valence-corrected chi connectivity index (χ3v) is 5.77. The summed E-state index contributed by atoms with van der Waals surface area (Å²) >= 11 is 7.09. The number of thiophene rings is 1. The predicted octanol–water partition coefficient (Wildman–Crippen LogP) is 3.97. The summed E-state index contributed by atoms with van der Waals surface area (Å²) in [5.74, 6) is -0.866. The molecular weight excluding hydrogens is 379 g/mol. The number of carboxylic acid groups (broad SMARTS) is 1. The fourth-order valence-electron chi connectivity index (χ4n) is 1.21. The standard InChI is InChI=1S/C9H4BrIO2S/c10-6-2-1-4-5(9(12)13)3-14-8(4)7(6)11/h1-3H,(H,12,13). The Balaban J connectivity index is 2.83. The van der Waals surface area contributed by atoms with Crippen molar-refractivity contribution >= 4 is 65.9 Å². The number of hydrogen-bond donors (Lipinski definition) is 1. The second-order valence-corrected chi connectivity index (χ2v) is 5.51. The maximum atomic E-state index is 10.9. The first-order chi connectivity index (χ1) is 6.61. The topological polar surface area (TPSA) is 37.3 Å². The minimum atomic E-state index is -0.866. The Kier molecular flexibility index (Phi) is 2.81. The summed E-state index contributed by atoms with van der Waals surface area (Å²) in [5, 5.41) is 11.4. The molecule has 0 unspecified atom stereocenters. The quantitative estimate of drug-likeness (QED) is 0.758. The molecule has 0 aliphatic rings. The van der Waals surface area contributed by atoms with Gasteiger partial charge in [-0.25, -0.2) is 4.79 Å². The van der Waals surface area contributed by atoms with Crippen LogP contribution in [0.2, 0.25) is 0 Å². The summed E-state index contributed by atoms with van der Waals surface area (Å²) in [6.07, 6.45) is 0. The molecule has 72 valence electrons. The van der Waals surface area contributed by atoms with E-state index in [2.05, 4.69) is 38.5 Å². The van der Waals surface area contributed by atoms with Gasteiger partial charge in [-0.05, 0) is 44.6 Å². The van der Waals surface area contributed by atoms with Gasteiger partial charge >= 0.3 is 5.97 Å². The first-order valence-corrected chi connectivity index (χ1v) is 6.45. The molecule has 0 saturated heterocycles. The summed E-state index contributed by atoms with van der Waals surface area (Å²) < 4.78 is 3.10. The van der Waals surface area contributed by atoms with Crippen LogP contribution in [-0.2, 0) is 0 Å². The van der Waals surface area contributed by atoms with Crippen molar-refractivity contribution in [2.75, 3.05) is 0 Å². The lowest BCUT2D eigenvalue weighted by Gasteiger charge is -1.97. The van der Waals surface area contributed by atoms with E-state index < -0.39 is 5.97 Å². The molecule has 2 nitrogen and oxygen atoms in total. The maximum Gasteiger partial charge on any atom is 0.337 e. The Bertz CT molecular complexity index is 521. The zero-order chi connectivity index (χ0) is 10.3. The fraction of sp³-hybridized carbons (Fsp3) is 0. The number of hydrogen-bond acceptors (Lipinski definition) is 2. The van der Waals surface area contributed by atoms with Crippen LogP contribution in [0.15, 0.2) is 22.0 Å². The van der Waals surface area contributed by atoms with Crippen LogP contribution in [0, 0.1) is 3.57 Å². The fourth-order valence-corrected chi connectivity index (χ4v) is 3.50. The van der Waals surface area contributed by atoms with Gasteiger partial charge in [-0.1, -0.05) is 6.07 Å². The van der Waals surface area contributed by atoms with Crippen LogP contribution < -0.4 is 0 Å². The second-order valence-electron chi connectivity index (χ2n) is 2.69. The molecule has 0 atom stereocenters. The van der Waals surface area contributed by atoms with Crippen molar-refractivity contribution in [3.05, 3.63) is 31.1 Å². The van der Waals surface area contributed by atoms with Gasteiger partial charge in [0.2, 0.25) is 0 Å². The number of rotatable bonds is 1. The van der Waals surface area contributed by atoms with Crippen LogP contribution in [0.1, 0.15) is 10.4 Å². The van der Waals surface area contributed by atoms with Gasteiger partial charge in [0.15, 0.2) is 0 Å². The molecule has 0 aliphatic carbocycles. The van der Waals surface area contributed by atoms with Crippen molar-refractivity contribution in [1.82, 2.24) is 0 Å². The van der Waals surface area contributed by atoms with Gasteiger partial charge in [0.05, 0.1) is 5.56 Å². The van der Waals surface area contributed by atoms with Gasteiger partial charge in [0.1, 0.15) is 0 Å². The first-order valence-electron chi connectivity index (χ1n) is 3.69. The third kappa shape index (κ3) is 1.57. The van der Waals surface area contributed by atoms with Gasteiger partial charge in [-0.3, -0.25) is 0 Å². The first kappa shape index (κ1) is 10.4. The molecule has 1 aromatic carbocycles. The number of halogens is 2. The highest BCUT2D eigenvalue weighted by Crippen LogP contribution is 2.34. The summed E-state index contributed by atoms with van der Waals surface area (Å²) in [7, 11) is 0. The average Bonchev–Trinajstić information content (AvgIpc) is 2.55. The predicted molar refractivity (Wildman–Crippen MR) is 69.2 cm³/mol. The Morgan fingerprint density at radius 2 is 2.21 bits per heavy atom. The summed E-state index contributed by atoms with van der Waals surface area (Å²) in [5.41, 5.74) is 0.385. The highest BCUT2D eigenvalue weighted by atomic mass is 127. The van der Waals surface area contributed by atoms with E-state index in [-0.39, 0.29) is 0 Å². The highest BCUT2D eigenvalue weighted by Gasteiger charge is 2.13. The van der Waals surface area contributed by atoms with Gasteiger partial charge in [0, 0.05) is 23.5 Å². The summed E-state index contributed by atoms with van der Waals surface area (Å²) in [6.45, 7) is 0. The van der Waals surface area contributed by atoms with Crippen LogP contribution in [-0.4, -0.2) is 11.1 Å². The minimum absolute atomic E-state index is 0.385. The number of carbonyl (C=O) groups is 1. The molecule has 2 aromatic rings. The number of carboxylic acids is 1. The molecule has 1 N–H and O–H groups in total. The number of aromatic carboxylic acids is 1.